The molecule has 4 saturated carbocycles. The van der Waals surface area contributed by atoms with Gasteiger partial charge >= 0.3 is 0 Å². The lowest BCUT2D eigenvalue weighted by atomic mass is 9.48. The Morgan fingerprint density at radius 2 is 1.72 bits per heavy atom. The quantitative estimate of drug-likeness (QED) is 0.838. The van der Waals surface area contributed by atoms with E-state index in [2.05, 4.69) is 17.0 Å². The molecule has 4 bridgehead atoms. The molecule has 0 aliphatic heterocycles. The Hall–Kier alpha value is -1.34. The van der Waals surface area contributed by atoms with Gasteiger partial charge in [0.05, 0.1) is 0 Å². The molecule has 1 atom stereocenters. The Kier molecular flexibility index (Phi) is 3.99. The van der Waals surface area contributed by atoms with Gasteiger partial charge in [-0.1, -0.05) is 0 Å². The maximum atomic E-state index is 12.6. The number of nitrogens with one attached hydrogen (secondary N) is 2. The Labute approximate surface area is 148 Å². The molecular formula is C18H26N2O4S. The summed E-state index contributed by atoms with van der Waals surface area (Å²) in [7, 11) is -2.36. The average molecular weight is 366 g/mol. The summed E-state index contributed by atoms with van der Waals surface area (Å²) in [4.78, 5) is 12.6. The van der Waals surface area contributed by atoms with E-state index in [1.165, 1.54) is 57.7 Å². The second kappa shape index (κ2) is 5.84. The highest BCUT2D eigenvalue weighted by atomic mass is 32.2. The molecule has 0 spiro atoms. The molecule has 25 heavy (non-hydrogen) atoms. The molecule has 2 N–H and O–H groups in total. The van der Waals surface area contributed by atoms with Gasteiger partial charge in [-0.05, 0) is 87.8 Å². The van der Waals surface area contributed by atoms with Crippen LogP contribution >= 0.6 is 0 Å². The average Bonchev–Trinajstić information content (AvgIpc) is 3.04. The monoisotopic (exact) mass is 366 g/mol. The van der Waals surface area contributed by atoms with Crippen LogP contribution in [-0.4, -0.2) is 27.4 Å². The summed E-state index contributed by atoms with van der Waals surface area (Å²) in [5, 5.41) is 2.85. The highest BCUT2D eigenvalue weighted by Crippen LogP contribution is 2.61. The lowest BCUT2D eigenvalue weighted by Crippen LogP contribution is -2.55. The maximum Gasteiger partial charge on any atom is 0.287 e. The van der Waals surface area contributed by atoms with Gasteiger partial charge in [-0.2, -0.15) is 0 Å². The van der Waals surface area contributed by atoms with E-state index >= 15 is 0 Å². The first-order valence-corrected chi connectivity index (χ1v) is 10.6. The summed E-state index contributed by atoms with van der Waals surface area (Å²) in [6.07, 6.45) is 7.71. The number of hydrogen-bond donors (Lipinski definition) is 2. The van der Waals surface area contributed by atoms with E-state index in [-0.39, 0.29) is 28.2 Å². The van der Waals surface area contributed by atoms with E-state index in [0.717, 1.165) is 17.8 Å². The van der Waals surface area contributed by atoms with Gasteiger partial charge in [-0.3, -0.25) is 4.79 Å². The summed E-state index contributed by atoms with van der Waals surface area (Å²) in [5.74, 6) is 2.18. The van der Waals surface area contributed by atoms with Crippen LogP contribution in [0.15, 0.2) is 21.6 Å². The van der Waals surface area contributed by atoms with Crippen LogP contribution in [0, 0.1) is 23.2 Å². The van der Waals surface area contributed by atoms with E-state index < -0.39 is 10.0 Å². The van der Waals surface area contributed by atoms with E-state index in [4.69, 9.17) is 4.42 Å². The number of hydrogen-bond acceptors (Lipinski definition) is 4. The van der Waals surface area contributed by atoms with Crippen molar-refractivity contribution >= 4 is 15.9 Å². The lowest BCUT2D eigenvalue weighted by molar-refractivity contribution is -0.0689. The Balaban J connectivity index is 1.48. The number of rotatable bonds is 5. The topological polar surface area (TPSA) is 88.4 Å². The molecule has 1 aromatic rings. The molecule has 4 fully saturated rings. The molecule has 1 aromatic heterocycles. The van der Waals surface area contributed by atoms with Gasteiger partial charge in [0, 0.05) is 6.04 Å². The van der Waals surface area contributed by atoms with Crippen molar-refractivity contribution in [3.63, 3.8) is 0 Å². The number of carbonyl (C=O) groups excluding carboxylic acids is 1. The van der Waals surface area contributed by atoms with E-state index in [1.54, 1.807) is 0 Å². The zero-order valence-electron chi connectivity index (χ0n) is 14.7. The van der Waals surface area contributed by atoms with Gasteiger partial charge in [0.2, 0.25) is 5.09 Å². The van der Waals surface area contributed by atoms with Crippen molar-refractivity contribution in [2.45, 2.75) is 56.6 Å². The molecule has 0 radical (unpaired) electrons. The van der Waals surface area contributed by atoms with Crippen LogP contribution in [0.1, 0.15) is 56.0 Å². The number of furan rings is 1. The first kappa shape index (κ1) is 17.1. The first-order chi connectivity index (χ1) is 11.8. The van der Waals surface area contributed by atoms with Crippen molar-refractivity contribution < 1.29 is 17.6 Å². The van der Waals surface area contributed by atoms with Gasteiger partial charge in [0.15, 0.2) is 5.76 Å². The molecule has 1 unspecified atom stereocenters. The second-order valence-corrected chi connectivity index (χ2v) is 10.1. The zero-order chi connectivity index (χ0) is 17.8. The summed E-state index contributed by atoms with van der Waals surface area (Å²) >= 11 is 0. The Bertz CT molecular complexity index is 747. The van der Waals surface area contributed by atoms with Crippen LogP contribution < -0.4 is 10.0 Å². The third-order valence-electron chi connectivity index (χ3n) is 6.69. The fraction of sp³-hybridized carbons (Fsp3) is 0.722. The first-order valence-electron chi connectivity index (χ1n) is 9.15. The van der Waals surface area contributed by atoms with Gasteiger partial charge in [0.1, 0.15) is 0 Å². The number of sulfonamides is 1. The van der Waals surface area contributed by atoms with Crippen molar-refractivity contribution in [2.75, 3.05) is 7.05 Å². The van der Waals surface area contributed by atoms with Gasteiger partial charge in [0.25, 0.3) is 15.9 Å². The minimum absolute atomic E-state index is 0.0467. The van der Waals surface area contributed by atoms with Crippen LogP contribution in [0.5, 0.6) is 0 Å². The number of carbonyl (C=O) groups is 1. The third-order valence-corrected chi connectivity index (χ3v) is 7.98. The summed E-state index contributed by atoms with van der Waals surface area (Å²) in [6.45, 7) is 2.10. The molecule has 1 amide bonds. The van der Waals surface area contributed by atoms with Gasteiger partial charge in [-0.25, -0.2) is 13.1 Å². The van der Waals surface area contributed by atoms with Crippen LogP contribution in [0.2, 0.25) is 0 Å². The normalized spacial score (nSPS) is 34.9. The molecular weight excluding hydrogens is 340 g/mol. The third kappa shape index (κ3) is 2.91. The zero-order valence-corrected chi connectivity index (χ0v) is 15.6. The predicted octanol–water partition coefficient (Wildman–Crippen LogP) is 2.52. The van der Waals surface area contributed by atoms with Crippen molar-refractivity contribution in [1.29, 1.82) is 0 Å². The molecule has 138 valence electrons. The van der Waals surface area contributed by atoms with Crippen LogP contribution in [0.3, 0.4) is 0 Å². The smallest absolute Gasteiger partial charge is 0.287 e. The lowest BCUT2D eigenvalue weighted by Gasteiger charge is -2.59. The van der Waals surface area contributed by atoms with Crippen molar-refractivity contribution in [2.24, 2.45) is 23.2 Å². The van der Waals surface area contributed by atoms with Crippen molar-refractivity contribution in [3.05, 3.63) is 17.9 Å². The molecule has 0 aromatic carbocycles. The molecule has 0 saturated heterocycles. The standard InChI is InChI=1S/C18H26N2O4S/c1-11(18-8-12-5-13(9-18)7-14(6-12)10-18)20-17(21)15-3-4-16(24-15)25(22,23)19-2/h3-4,11-14,19H,5-10H2,1-2H3,(H,20,21). The molecule has 7 heteroatoms. The summed E-state index contributed by atoms with van der Waals surface area (Å²) in [5.41, 5.74) is 0.205. The summed E-state index contributed by atoms with van der Waals surface area (Å²) in [6, 6.07) is 2.81. The molecule has 1 heterocycles. The SMILES string of the molecule is CNS(=O)(=O)c1ccc(C(=O)NC(C)C23CC4CC(CC(C4)C2)C3)o1. The van der Waals surface area contributed by atoms with E-state index in [1.807, 2.05) is 0 Å². The van der Waals surface area contributed by atoms with Gasteiger partial charge < -0.3 is 9.73 Å². The predicted molar refractivity (Wildman–Crippen MR) is 92.5 cm³/mol. The molecule has 5 rings (SSSR count). The molecule has 4 aliphatic carbocycles. The van der Waals surface area contributed by atoms with Gasteiger partial charge in [-0.15, -0.1) is 0 Å². The van der Waals surface area contributed by atoms with Crippen LogP contribution in [0.4, 0.5) is 0 Å². The molecule has 4 aliphatic rings. The highest BCUT2D eigenvalue weighted by molar-refractivity contribution is 7.89. The van der Waals surface area contributed by atoms with E-state index in [0.29, 0.717) is 0 Å². The van der Waals surface area contributed by atoms with Crippen molar-refractivity contribution in [3.8, 4) is 0 Å². The van der Waals surface area contributed by atoms with E-state index in [9.17, 15) is 13.2 Å². The van der Waals surface area contributed by atoms with Crippen LogP contribution in [-0.2, 0) is 10.0 Å². The fourth-order valence-corrected chi connectivity index (χ4v) is 6.46. The number of amides is 1. The minimum atomic E-state index is -3.67. The summed E-state index contributed by atoms with van der Waals surface area (Å²) < 4.78 is 30.9. The Morgan fingerprint density at radius 1 is 1.16 bits per heavy atom. The van der Waals surface area contributed by atoms with Crippen molar-refractivity contribution in [1.82, 2.24) is 10.0 Å². The fourth-order valence-electron chi connectivity index (χ4n) is 5.82. The Morgan fingerprint density at radius 3 is 2.24 bits per heavy atom. The maximum absolute atomic E-state index is 12.6. The highest BCUT2D eigenvalue weighted by Gasteiger charge is 2.53. The van der Waals surface area contributed by atoms with Crippen LogP contribution in [0.25, 0.3) is 0 Å². The minimum Gasteiger partial charge on any atom is -0.438 e. The second-order valence-electron chi connectivity index (χ2n) is 8.30. The molecule has 6 nitrogen and oxygen atoms in total. The largest absolute Gasteiger partial charge is 0.438 e.